The van der Waals surface area contributed by atoms with Crippen molar-refractivity contribution >= 4 is 11.6 Å². The van der Waals surface area contributed by atoms with Crippen molar-refractivity contribution in [2.24, 2.45) is 0 Å². The molecule has 2 aromatic carbocycles. The van der Waals surface area contributed by atoms with Crippen molar-refractivity contribution in [1.82, 2.24) is 0 Å². The van der Waals surface area contributed by atoms with Gasteiger partial charge in [-0.3, -0.25) is 4.79 Å². The molecule has 0 bridgehead atoms. The zero-order valence-electron chi connectivity index (χ0n) is 15.7. The third kappa shape index (κ3) is 5.33. The van der Waals surface area contributed by atoms with Crippen LogP contribution in [0, 0.1) is 13.8 Å². The predicted molar refractivity (Wildman–Crippen MR) is 101 cm³/mol. The third-order valence-electron chi connectivity index (χ3n) is 3.84. The Balaban J connectivity index is 2.23. The average Bonchev–Trinajstić information content (AvgIpc) is 2.57. The lowest BCUT2D eigenvalue weighted by Gasteiger charge is -2.15. The van der Waals surface area contributed by atoms with E-state index in [-0.39, 0.29) is 12.0 Å². The largest absolute Gasteiger partial charge is 0.494 e. The molecular weight excluding hydrogens is 314 g/mol. The first-order valence-electron chi connectivity index (χ1n) is 8.66. The summed E-state index contributed by atoms with van der Waals surface area (Å²) in [6.45, 7) is 10.9. The topological polar surface area (TPSA) is 47.6 Å². The molecular formula is C21H27NO3. The molecule has 1 N–H and O–H groups in total. The summed E-state index contributed by atoms with van der Waals surface area (Å²) in [5.41, 5.74) is 4.45. The van der Waals surface area contributed by atoms with Crippen LogP contribution in [0.3, 0.4) is 0 Å². The second-order valence-corrected chi connectivity index (χ2v) is 6.39. The van der Waals surface area contributed by atoms with Crippen LogP contribution in [-0.4, -0.2) is 18.6 Å². The van der Waals surface area contributed by atoms with Crippen molar-refractivity contribution in [2.45, 2.75) is 47.3 Å². The van der Waals surface area contributed by atoms with E-state index < -0.39 is 0 Å². The summed E-state index contributed by atoms with van der Waals surface area (Å²) in [5.74, 6) is 0.619. The Labute approximate surface area is 150 Å². The molecule has 1 amide bonds. The van der Waals surface area contributed by atoms with E-state index >= 15 is 0 Å². The molecule has 0 spiro atoms. The number of anilines is 1. The Morgan fingerprint density at radius 1 is 1.12 bits per heavy atom. The first-order chi connectivity index (χ1) is 11.9. The second-order valence-electron chi connectivity index (χ2n) is 6.39. The van der Waals surface area contributed by atoms with Gasteiger partial charge in [0.15, 0.2) is 0 Å². The number of hydrogen-bond donors (Lipinski definition) is 1. The highest BCUT2D eigenvalue weighted by molar-refractivity contribution is 6.04. The van der Waals surface area contributed by atoms with Gasteiger partial charge in [0.25, 0.3) is 5.91 Å². The molecule has 0 unspecified atom stereocenters. The van der Waals surface area contributed by atoms with Gasteiger partial charge in [-0.05, 0) is 70.0 Å². The van der Waals surface area contributed by atoms with Crippen LogP contribution in [0.4, 0.5) is 5.69 Å². The van der Waals surface area contributed by atoms with Crippen LogP contribution in [0.15, 0.2) is 36.4 Å². The van der Waals surface area contributed by atoms with Crippen LogP contribution in [0.5, 0.6) is 5.75 Å². The van der Waals surface area contributed by atoms with Gasteiger partial charge in [0, 0.05) is 16.8 Å². The Morgan fingerprint density at radius 3 is 2.56 bits per heavy atom. The van der Waals surface area contributed by atoms with E-state index in [0.717, 1.165) is 28.1 Å². The van der Waals surface area contributed by atoms with E-state index in [4.69, 9.17) is 9.47 Å². The SMILES string of the molecule is CCOc1ccc(C(=O)Nc2cc(C)ccc2C)cc1COC(C)C. The molecule has 0 aliphatic heterocycles. The van der Waals surface area contributed by atoms with Gasteiger partial charge in [-0.2, -0.15) is 0 Å². The van der Waals surface area contributed by atoms with E-state index in [1.807, 2.05) is 65.0 Å². The number of carbonyl (C=O) groups excluding carboxylic acids is 1. The van der Waals surface area contributed by atoms with Gasteiger partial charge in [-0.25, -0.2) is 0 Å². The first-order valence-corrected chi connectivity index (χ1v) is 8.66. The van der Waals surface area contributed by atoms with Gasteiger partial charge in [0.1, 0.15) is 5.75 Å². The minimum absolute atomic E-state index is 0.113. The summed E-state index contributed by atoms with van der Waals surface area (Å²) in [5, 5.41) is 2.99. The lowest BCUT2D eigenvalue weighted by Crippen LogP contribution is -2.14. The van der Waals surface area contributed by atoms with E-state index in [1.165, 1.54) is 0 Å². The monoisotopic (exact) mass is 341 g/mol. The van der Waals surface area contributed by atoms with E-state index in [0.29, 0.717) is 18.8 Å². The maximum atomic E-state index is 12.6. The van der Waals surface area contributed by atoms with Crippen LogP contribution in [0.1, 0.15) is 47.8 Å². The van der Waals surface area contributed by atoms with Crippen LogP contribution < -0.4 is 10.1 Å². The van der Waals surface area contributed by atoms with Gasteiger partial charge in [-0.15, -0.1) is 0 Å². The fourth-order valence-electron chi connectivity index (χ4n) is 2.45. The van der Waals surface area contributed by atoms with E-state index in [2.05, 4.69) is 5.32 Å². The Kier molecular flexibility index (Phi) is 6.59. The van der Waals surface area contributed by atoms with Gasteiger partial charge < -0.3 is 14.8 Å². The lowest BCUT2D eigenvalue weighted by molar-refractivity contribution is 0.0641. The molecule has 25 heavy (non-hydrogen) atoms. The Morgan fingerprint density at radius 2 is 1.88 bits per heavy atom. The number of nitrogens with one attached hydrogen (secondary N) is 1. The van der Waals surface area contributed by atoms with Crippen molar-refractivity contribution in [1.29, 1.82) is 0 Å². The first kappa shape index (κ1) is 19.0. The molecule has 0 aliphatic rings. The number of carbonyl (C=O) groups is 1. The number of benzene rings is 2. The van der Waals surface area contributed by atoms with Gasteiger partial charge >= 0.3 is 0 Å². The van der Waals surface area contributed by atoms with E-state index in [9.17, 15) is 4.79 Å². The molecule has 4 nitrogen and oxygen atoms in total. The lowest BCUT2D eigenvalue weighted by atomic mass is 10.1. The summed E-state index contributed by atoms with van der Waals surface area (Å²) in [7, 11) is 0. The molecule has 0 atom stereocenters. The normalized spacial score (nSPS) is 10.8. The molecule has 0 aliphatic carbocycles. The van der Waals surface area contributed by atoms with Crippen molar-refractivity contribution < 1.29 is 14.3 Å². The molecule has 2 aromatic rings. The number of hydrogen-bond acceptors (Lipinski definition) is 3. The van der Waals surface area contributed by atoms with Gasteiger partial charge in [0.05, 0.1) is 19.3 Å². The minimum atomic E-state index is -0.137. The zero-order valence-corrected chi connectivity index (χ0v) is 15.7. The van der Waals surface area contributed by atoms with Crippen molar-refractivity contribution in [3.8, 4) is 5.75 Å². The Hall–Kier alpha value is -2.33. The number of ether oxygens (including phenoxy) is 2. The molecule has 0 aromatic heterocycles. The third-order valence-corrected chi connectivity index (χ3v) is 3.84. The standard InChI is InChI=1S/C21H27NO3/c1-6-24-20-10-9-17(12-18(20)13-25-14(2)3)21(23)22-19-11-15(4)7-8-16(19)5/h7-12,14H,6,13H2,1-5H3,(H,22,23). The quantitative estimate of drug-likeness (QED) is 0.781. The summed E-state index contributed by atoms with van der Waals surface area (Å²) in [6, 6.07) is 11.5. The summed E-state index contributed by atoms with van der Waals surface area (Å²) >= 11 is 0. The number of aryl methyl sites for hydroxylation is 2. The smallest absolute Gasteiger partial charge is 0.255 e. The highest BCUT2D eigenvalue weighted by atomic mass is 16.5. The highest BCUT2D eigenvalue weighted by Gasteiger charge is 2.12. The van der Waals surface area contributed by atoms with Gasteiger partial charge in [0.2, 0.25) is 0 Å². The molecule has 2 rings (SSSR count). The van der Waals surface area contributed by atoms with Gasteiger partial charge in [-0.1, -0.05) is 12.1 Å². The molecule has 0 fully saturated rings. The molecule has 0 saturated heterocycles. The maximum Gasteiger partial charge on any atom is 0.255 e. The van der Waals surface area contributed by atoms with Crippen molar-refractivity contribution in [3.63, 3.8) is 0 Å². The zero-order chi connectivity index (χ0) is 18.4. The summed E-state index contributed by atoms with van der Waals surface area (Å²) in [4.78, 5) is 12.6. The number of amides is 1. The van der Waals surface area contributed by atoms with Crippen LogP contribution in [-0.2, 0) is 11.3 Å². The molecule has 0 radical (unpaired) electrons. The molecule has 0 heterocycles. The van der Waals surface area contributed by atoms with Crippen molar-refractivity contribution in [3.05, 3.63) is 58.7 Å². The molecule has 0 saturated carbocycles. The highest BCUT2D eigenvalue weighted by Crippen LogP contribution is 2.23. The van der Waals surface area contributed by atoms with Crippen molar-refractivity contribution in [2.75, 3.05) is 11.9 Å². The number of rotatable bonds is 7. The maximum absolute atomic E-state index is 12.6. The molecule has 134 valence electrons. The second kappa shape index (κ2) is 8.67. The van der Waals surface area contributed by atoms with Crippen LogP contribution in [0.2, 0.25) is 0 Å². The average molecular weight is 341 g/mol. The molecule has 4 heteroatoms. The summed E-state index contributed by atoms with van der Waals surface area (Å²) < 4.78 is 11.3. The fourth-order valence-corrected chi connectivity index (χ4v) is 2.45. The fraction of sp³-hybridized carbons (Fsp3) is 0.381. The van der Waals surface area contributed by atoms with Crippen LogP contribution in [0.25, 0.3) is 0 Å². The minimum Gasteiger partial charge on any atom is -0.494 e. The summed E-state index contributed by atoms with van der Waals surface area (Å²) in [6.07, 6.45) is 0.113. The predicted octanol–water partition coefficient (Wildman–Crippen LogP) is 4.88. The van der Waals surface area contributed by atoms with E-state index in [1.54, 1.807) is 6.07 Å². The van der Waals surface area contributed by atoms with Crippen LogP contribution >= 0.6 is 0 Å². The Bertz CT molecular complexity index is 738.